The van der Waals surface area contributed by atoms with Crippen molar-refractivity contribution in [2.45, 2.75) is 77.9 Å². The Kier molecular flexibility index (Phi) is 5.99. The lowest BCUT2D eigenvalue weighted by Crippen LogP contribution is -2.58. The third-order valence-corrected chi connectivity index (χ3v) is 4.68. The summed E-state index contributed by atoms with van der Waals surface area (Å²) in [5, 5.41) is 5.04. The van der Waals surface area contributed by atoms with Crippen LogP contribution in [0.4, 0.5) is 0 Å². The van der Waals surface area contributed by atoms with Gasteiger partial charge in [0.1, 0.15) is 0 Å². The van der Waals surface area contributed by atoms with Gasteiger partial charge in [0, 0.05) is 29.5 Å². The van der Waals surface area contributed by atoms with Crippen molar-refractivity contribution in [2.24, 2.45) is 0 Å². The topological polar surface area (TPSA) is 54.5 Å². The van der Waals surface area contributed by atoms with E-state index in [-0.39, 0.29) is 17.0 Å². The summed E-state index contributed by atoms with van der Waals surface area (Å²) in [5.41, 5.74) is 2.04. The minimum absolute atomic E-state index is 0.00674. The second kappa shape index (κ2) is 7.62. The Bertz CT molecular complexity index is 553. The van der Waals surface area contributed by atoms with Gasteiger partial charge in [-0.25, -0.2) is 0 Å². The number of hydroxylamine groups is 2. The number of nitrogens with zero attached hydrogens (tertiary/aromatic N) is 2. The van der Waals surface area contributed by atoms with Crippen LogP contribution in [-0.4, -0.2) is 33.6 Å². The molecule has 1 N–H and O–H groups in total. The summed E-state index contributed by atoms with van der Waals surface area (Å²) in [5.74, 6) is 0.0112. The third kappa shape index (κ3) is 5.02. The molecule has 1 aromatic rings. The van der Waals surface area contributed by atoms with Gasteiger partial charge in [0.05, 0.1) is 13.0 Å². The SMILES string of the molecule is Cc1cc(CNC(=O)CCON2C(C)(C)CCCC2(C)C)ccn1. The molecule has 0 atom stereocenters. The van der Waals surface area contributed by atoms with Gasteiger partial charge >= 0.3 is 0 Å². The van der Waals surface area contributed by atoms with Gasteiger partial charge in [-0.15, -0.1) is 0 Å². The van der Waals surface area contributed by atoms with Crippen LogP contribution in [0.15, 0.2) is 18.3 Å². The van der Waals surface area contributed by atoms with Gasteiger partial charge in [-0.3, -0.25) is 14.6 Å². The predicted molar refractivity (Wildman–Crippen MR) is 95.2 cm³/mol. The lowest BCUT2D eigenvalue weighted by atomic mass is 9.82. The van der Waals surface area contributed by atoms with E-state index in [0.29, 0.717) is 19.6 Å². The Morgan fingerprint density at radius 1 is 1.29 bits per heavy atom. The van der Waals surface area contributed by atoms with Crippen molar-refractivity contribution < 1.29 is 9.63 Å². The van der Waals surface area contributed by atoms with Crippen LogP contribution in [0.3, 0.4) is 0 Å². The molecule has 0 bridgehead atoms. The minimum atomic E-state index is 0.00674. The fourth-order valence-electron chi connectivity index (χ4n) is 3.56. The molecule has 0 spiro atoms. The van der Waals surface area contributed by atoms with Crippen molar-refractivity contribution in [1.82, 2.24) is 15.4 Å². The molecule has 5 nitrogen and oxygen atoms in total. The molecule has 2 rings (SSSR count). The number of rotatable bonds is 6. The summed E-state index contributed by atoms with van der Waals surface area (Å²) in [4.78, 5) is 22.2. The molecule has 24 heavy (non-hydrogen) atoms. The number of pyridine rings is 1. The monoisotopic (exact) mass is 333 g/mol. The second-order valence-electron chi connectivity index (χ2n) is 7.94. The van der Waals surface area contributed by atoms with Crippen molar-refractivity contribution in [3.63, 3.8) is 0 Å². The van der Waals surface area contributed by atoms with Crippen LogP contribution < -0.4 is 5.32 Å². The van der Waals surface area contributed by atoms with Crippen LogP contribution in [0.2, 0.25) is 0 Å². The van der Waals surface area contributed by atoms with Crippen molar-refractivity contribution >= 4 is 5.91 Å². The average molecular weight is 333 g/mol. The van der Waals surface area contributed by atoms with E-state index in [9.17, 15) is 4.79 Å². The van der Waals surface area contributed by atoms with Gasteiger partial charge in [0.2, 0.25) is 5.91 Å². The van der Waals surface area contributed by atoms with E-state index in [0.717, 1.165) is 24.1 Å². The summed E-state index contributed by atoms with van der Waals surface area (Å²) < 4.78 is 0. The maximum Gasteiger partial charge on any atom is 0.222 e. The minimum Gasteiger partial charge on any atom is -0.352 e. The summed E-state index contributed by atoms with van der Waals surface area (Å²) in [6.07, 6.45) is 5.58. The first kappa shape index (κ1) is 18.9. The molecule has 0 aliphatic carbocycles. The molecule has 134 valence electrons. The number of piperidine rings is 1. The maximum absolute atomic E-state index is 12.0. The number of aryl methyl sites for hydroxylation is 1. The zero-order valence-corrected chi connectivity index (χ0v) is 15.7. The molecule has 0 unspecified atom stereocenters. The molecular weight excluding hydrogens is 302 g/mol. The highest BCUT2D eigenvalue weighted by Gasteiger charge is 2.42. The number of amides is 1. The Morgan fingerprint density at radius 3 is 2.58 bits per heavy atom. The zero-order valence-electron chi connectivity index (χ0n) is 15.7. The first-order valence-electron chi connectivity index (χ1n) is 8.82. The largest absolute Gasteiger partial charge is 0.352 e. The van der Waals surface area contributed by atoms with Gasteiger partial charge in [-0.2, -0.15) is 5.06 Å². The van der Waals surface area contributed by atoms with Gasteiger partial charge in [-0.05, 0) is 71.6 Å². The van der Waals surface area contributed by atoms with Gasteiger partial charge in [0.15, 0.2) is 0 Å². The third-order valence-electron chi connectivity index (χ3n) is 4.68. The average Bonchev–Trinajstić information content (AvgIpc) is 2.47. The molecular formula is C19H31N3O2. The van der Waals surface area contributed by atoms with E-state index in [2.05, 4.69) is 43.1 Å². The first-order chi connectivity index (χ1) is 11.2. The van der Waals surface area contributed by atoms with Crippen LogP contribution in [0.5, 0.6) is 0 Å². The molecule has 1 fully saturated rings. The molecule has 0 aromatic carbocycles. The molecule has 1 aliphatic heterocycles. The molecule has 1 saturated heterocycles. The van der Waals surface area contributed by atoms with Crippen molar-refractivity contribution in [3.8, 4) is 0 Å². The number of hydrogen-bond donors (Lipinski definition) is 1. The number of nitrogens with one attached hydrogen (secondary N) is 1. The standard InChI is InChI=1S/C19H31N3O2/c1-15-13-16(7-11-20-15)14-21-17(23)8-12-24-22-18(2,3)9-6-10-19(22,4)5/h7,11,13H,6,8-10,12,14H2,1-5H3,(H,21,23). The van der Waals surface area contributed by atoms with Crippen molar-refractivity contribution in [3.05, 3.63) is 29.6 Å². The predicted octanol–water partition coefficient (Wildman–Crippen LogP) is 3.37. The number of carbonyl (C=O) groups is 1. The number of aromatic nitrogens is 1. The van der Waals surface area contributed by atoms with Crippen molar-refractivity contribution in [1.29, 1.82) is 0 Å². The summed E-state index contributed by atoms with van der Waals surface area (Å²) in [7, 11) is 0. The molecule has 1 aromatic heterocycles. The highest BCUT2D eigenvalue weighted by molar-refractivity contribution is 5.75. The van der Waals surface area contributed by atoms with E-state index in [1.165, 1.54) is 6.42 Å². The van der Waals surface area contributed by atoms with E-state index in [4.69, 9.17) is 4.84 Å². The van der Waals surface area contributed by atoms with Crippen LogP contribution in [0, 0.1) is 6.92 Å². The van der Waals surface area contributed by atoms with Crippen molar-refractivity contribution in [2.75, 3.05) is 6.61 Å². The second-order valence-corrected chi connectivity index (χ2v) is 7.94. The molecule has 2 heterocycles. The van der Waals surface area contributed by atoms with Crippen LogP contribution in [-0.2, 0) is 16.2 Å². The van der Waals surface area contributed by atoms with E-state index in [1.54, 1.807) is 6.20 Å². The normalized spacial score (nSPS) is 19.9. The molecule has 1 aliphatic rings. The fraction of sp³-hybridized carbons (Fsp3) is 0.684. The highest BCUT2D eigenvalue weighted by atomic mass is 16.7. The van der Waals surface area contributed by atoms with E-state index in [1.807, 2.05) is 19.1 Å². The molecule has 5 heteroatoms. The van der Waals surface area contributed by atoms with Crippen LogP contribution in [0.1, 0.15) is 64.6 Å². The highest BCUT2D eigenvalue weighted by Crippen LogP contribution is 2.38. The Labute approximate surface area is 145 Å². The lowest BCUT2D eigenvalue weighted by Gasteiger charge is -2.51. The van der Waals surface area contributed by atoms with Gasteiger partial charge in [-0.1, -0.05) is 0 Å². The van der Waals surface area contributed by atoms with E-state index >= 15 is 0 Å². The lowest BCUT2D eigenvalue weighted by molar-refractivity contribution is -0.280. The maximum atomic E-state index is 12.0. The summed E-state index contributed by atoms with van der Waals surface area (Å²) in [6.45, 7) is 11.7. The zero-order chi connectivity index (χ0) is 17.8. The van der Waals surface area contributed by atoms with Gasteiger partial charge in [0.25, 0.3) is 0 Å². The Balaban J connectivity index is 1.77. The van der Waals surface area contributed by atoms with E-state index < -0.39 is 0 Å². The molecule has 0 saturated carbocycles. The molecule has 1 amide bonds. The fourth-order valence-corrected chi connectivity index (χ4v) is 3.56. The quantitative estimate of drug-likeness (QED) is 0.867. The Morgan fingerprint density at radius 2 is 1.96 bits per heavy atom. The van der Waals surface area contributed by atoms with Crippen LogP contribution in [0.25, 0.3) is 0 Å². The number of hydrogen-bond acceptors (Lipinski definition) is 4. The number of carbonyl (C=O) groups excluding carboxylic acids is 1. The molecule has 0 radical (unpaired) electrons. The van der Waals surface area contributed by atoms with Gasteiger partial charge < -0.3 is 5.32 Å². The Hall–Kier alpha value is -1.46. The smallest absolute Gasteiger partial charge is 0.222 e. The van der Waals surface area contributed by atoms with Crippen LogP contribution >= 0.6 is 0 Å². The first-order valence-corrected chi connectivity index (χ1v) is 8.82. The summed E-state index contributed by atoms with van der Waals surface area (Å²) in [6, 6.07) is 3.90. The summed E-state index contributed by atoms with van der Waals surface area (Å²) >= 11 is 0.